The Morgan fingerprint density at radius 1 is 1.07 bits per heavy atom. The molecule has 0 radical (unpaired) electrons. The third kappa shape index (κ3) is 4.05. The lowest BCUT2D eigenvalue weighted by Crippen LogP contribution is -2.37. The molecule has 2 amide bonds. The molecule has 2 heterocycles. The molecule has 1 fully saturated rings. The van der Waals surface area contributed by atoms with E-state index in [-0.39, 0.29) is 17.3 Å². The number of carbonyl (C=O) groups excluding carboxylic acids is 2. The summed E-state index contributed by atoms with van der Waals surface area (Å²) < 4.78 is 6.22. The van der Waals surface area contributed by atoms with Crippen molar-refractivity contribution >= 4 is 17.7 Å². The maximum Gasteiger partial charge on any atom is 0.409 e. The second-order valence-electron chi connectivity index (χ2n) is 6.02. The summed E-state index contributed by atoms with van der Waals surface area (Å²) in [5, 5.41) is 15.0. The van der Waals surface area contributed by atoms with Crippen molar-refractivity contribution in [2.24, 2.45) is 0 Å². The van der Waals surface area contributed by atoms with Crippen LogP contribution in [0.4, 0.5) is 10.5 Å². The van der Waals surface area contributed by atoms with E-state index in [4.69, 9.17) is 4.74 Å². The molecule has 0 spiro atoms. The molecule has 1 saturated heterocycles. The minimum Gasteiger partial charge on any atom is -0.453 e. The number of hydrogen-bond acceptors (Lipinski definition) is 6. The van der Waals surface area contributed by atoms with E-state index >= 15 is 0 Å². The standard InChI is InChI=1S/C17H19N5O5/c1-27-17(24)20-9-2-8-19(11-12-20)16(23)15-7-10-21(18-15)13-3-5-14(6-4-13)22(25)26/h3-7,10H,2,8-9,11-12H2,1H3. The number of ether oxygens (including phenoxy) is 1. The Hall–Kier alpha value is -3.43. The zero-order valence-electron chi connectivity index (χ0n) is 14.8. The van der Waals surface area contributed by atoms with Crippen LogP contribution in [0.2, 0.25) is 0 Å². The van der Waals surface area contributed by atoms with Crippen LogP contribution < -0.4 is 0 Å². The Morgan fingerprint density at radius 2 is 1.74 bits per heavy atom. The summed E-state index contributed by atoms with van der Waals surface area (Å²) in [4.78, 5) is 37.8. The quantitative estimate of drug-likeness (QED) is 0.598. The fourth-order valence-corrected chi connectivity index (χ4v) is 2.90. The molecule has 2 aromatic rings. The summed E-state index contributed by atoms with van der Waals surface area (Å²) in [6.45, 7) is 1.87. The first-order chi connectivity index (χ1) is 13.0. The van der Waals surface area contributed by atoms with E-state index < -0.39 is 11.0 Å². The minimum absolute atomic E-state index is 0.0121. The summed E-state index contributed by atoms with van der Waals surface area (Å²) in [5.41, 5.74) is 0.884. The molecule has 3 rings (SSSR count). The van der Waals surface area contributed by atoms with Gasteiger partial charge in [0.1, 0.15) is 0 Å². The van der Waals surface area contributed by atoms with Gasteiger partial charge in [0.05, 0.1) is 17.7 Å². The molecule has 0 bridgehead atoms. The Bertz CT molecular complexity index is 848. The Kier molecular flexibility index (Phi) is 5.34. The van der Waals surface area contributed by atoms with Gasteiger partial charge in [0.25, 0.3) is 11.6 Å². The Labute approximate surface area is 155 Å². The smallest absolute Gasteiger partial charge is 0.409 e. The number of nitrogens with zero attached hydrogens (tertiary/aromatic N) is 5. The molecule has 1 aromatic carbocycles. The van der Waals surface area contributed by atoms with Crippen molar-refractivity contribution in [3.8, 4) is 5.69 Å². The molecule has 142 valence electrons. The molecule has 1 aliphatic heterocycles. The normalized spacial score (nSPS) is 14.6. The average molecular weight is 373 g/mol. The van der Waals surface area contributed by atoms with Crippen LogP contribution in [-0.4, -0.2) is 69.8 Å². The van der Waals surface area contributed by atoms with E-state index in [2.05, 4.69) is 5.10 Å². The first-order valence-electron chi connectivity index (χ1n) is 8.42. The van der Waals surface area contributed by atoms with E-state index in [1.165, 1.54) is 23.9 Å². The van der Waals surface area contributed by atoms with Crippen molar-refractivity contribution in [3.05, 3.63) is 52.3 Å². The van der Waals surface area contributed by atoms with Crippen LogP contribution in [0.25, 0.3) is 5.69 Å². The van der Waals surface area contributed by atoms with E-state index in [9.17, 15) is 19.7 Å². The molecule has 1 aromatic heterocycles. The average Bonchev–Trinajstić information content (AvgIpc) is 3.05. The van der Waals surface area contributed by atoms with Crippen LogP contribution in [0, 0.1) is 10.1 Å². The van der Waals surface area contributed by atoms with E-state index in [1.807, 2.05) is 0 Å². The fraction of sp³-hybridized carbons (Fsp3) is 0.353. The maximum absolute atomic E-state index is 12.7. The van der Waals surface area contributed by atoms with Gasteiger partial charge in [-0.1, -0.05) is 0 Å². The van der Waals surface area contributed by atoms with Gasteiger partial charge in [0.2, 0.25) is 0 Å². The van der Waals surface area contributed by atoms with Crippen LogP contribution in [0.1, 0.15) is 16.9 Å². The van der Waals surface area contributed by atoms with Gasteiger partial charge >= 0.3 is 6.09 Å². The molecule has 10 nitrogen and oxygen atoms in total. The highest BCUT2D eigenvalue weighted by Gasteiger charge is 2.24. The zero-order valence-corrected chi connectivity index (χ0v) is 14.8. The largest absolute Gasteiger partial charge is 0.453 e. The molecule has 0 aliphatic carbocycles. The first-order valence-corrected chi connectivity index (χ1v) is 8.42. The second kappa shape index (κ2) is 7.85. The Morgan fingerprint density at radius 3 is 2.41 bits per heavy atom. The van der Waals surface area contributed by atoms with Crippen LogP contribution >= 0.6 is 0 Å². The molecule has 0 N–H and O–H groups in total. The van der Waals surface area contributed by atoms with Crippen molar-refractivity contribution in [2.45, 2.75) is 6.42 Å². The molecule has 0 unspecified atom stereocenters. The van der Waals surface area contributed by atoms with E-state index in [0.717, 1.165) is 0 Å². The lowest BCUT2D eigenvalue weighted by Gasteiger charge is -2.20. The topological polar surface area (TPSA) is 111 Å². The number of aromatic nitrogens is 2. The number of non-ortho nitro benzene ring substituents is 1. The summed E-state index contributed by atoms with van der Waals surface area (Å²) >= 11 is 0. The van der Waals surface area contributed by atoms with Crippen molar-refractivity contribution in [3.63, 3.8) is 0 Å². The molecule has 27 heavy (non-hydrogen) atoms. The number of carbonyl (C=O) groups is 2. The van der Waals surface area contributed by atoms with Crippen molar-refractivity contribution < 1.29 is 19.2 Å². The van der Waals surface area contributed by atoms with Gasteiger partial charge in [0.15, 0.2) is 5.69 Å². The number of rotatable bonds is 3. The summed E-state index contributed by atoms with van der Waals surface area (Å²) in [6.07, 6.45) is 1.89. The SMILES string of the molecule is COC(=O)N1CCCN(C(=O)c2ccn(-c3ccc([N+](=O)[O-])cc3)n2)CC1. The molecule has 1 aliphatic rings. The van der Waals surface area contributed by atoms with Gasteiger partial charge < -0.3 is 14.5 Å². The van der Waals surface area contributed by atoms with Crippen molar-refractivity contribution in [1.29, 1.82) is 0 Å². The zero-order chi connectivity index (χ0) is 19.4. The van der Waals surface area contributed by atoms with E-state index in [1.54, 1.807) is 34.2 Å². The summed E-state index contributed by atoms with van der Waals surface area (Å²) in [7, 11) is 1.33. The number of benzene rings is 1. The Balaban J connectivity index is 1.69. The van der Waals surface area contributed by atoms with Crippen LogP contribution in [-0.2, 0) is 4.74 Å². The molecule has 0 saturated carbocycles. The third-order valence-electron chi connectivity index (χ3n) is 4.35. The monoisotopic (exact) mass is 373 g/mol. The molecule has 0 atom stereocenters. The van der Waals surface area contributed by atoms with Gasteiger partial charge in [-0.15, -0.1) is 0 Å². The number of nitro benzene ring substituents is 1. The summed E-state index contributed by atoms with van der Waals surface area (Å²) in [6, 6.07) is 7.51. The predicted molar refractivity (Wildman–Crippen MR) is 94.7 cm³/mol. The number of nitro groups is 1. The second-order valence-corrected chi connectivity index (χ2v) is 6.02. The lowest BCUT2D eigenvalue weighted by molar-refractivity contribution is -0.384. The van der Waals surface area contributed by atoms with E-state index in [0.29, 0.717) is 38.3 Å². The summed E-state index contributed by atoms with van der Waals surface area (Å²) in [5.74, 6) is -0.220. The minimum atomic E-state index is -0.473. The van der Waals surface area contributed by atoms with Gasteiger partial charge in [-0.2, -0.15) is 5.10 Å². The van der Waals surface area contributed by atoms with Gasteiger partial charge in [-0.25, -0.2) is 9.48 Å². The van der Waals surface area contributed by atoms with Gasteiger partial charge in [-0.05, 0) is 24.6 Å². The third-order valence-corrected chi connectivity index (χ3v) is 4.35. The fourth-order valence-electron chi connectivity index (χ4n) is 2.90. The van der Waals surface area contributed by atoms with Gasteiger partial charge in [0, 0.05) is 44.5 Å². The molecular weight excluding hydrogens is 354 g/mol. The van der Waals surface area contributed by atoms with Crippen LogP contribution in [0.5, 0.6) is 0 Å². The molecular formula is C17H19N5O5. The predicted octanol–water partition coefficient (Wildman–Crippen LogP) is 1.69. The van der Waals surface area contributed by atoms with Crippen LogP contribution in [0.3, 0.4) is 0 Å². The van der Waals surface area contributed by atoms with Gasteiger partial charge in [-0.3, -0.25) is 14.9 Å². The number of amides is 2. The highest BCUT2D eigenvalue weighted by Crippen LogP contribution is 2.16. The number of hydrogen-bond donors (Lipinski definition) is 0. The van der Waals surface area contributed by atoms with Crippen molar-refractivity contribution in [1.82, 2.24) is 19.6 Å². The van der Waals surface area contributed by atoms with Crippen LogP contribution in [0.15, 0.2) is 36.5 Å². The van der Waals surface area contributed by atoms with Crippen molar-refractivity contribution in [2.75, 3.05) is 33.3 Å². The maximum atomic E-state index is 12.7. The molecule has 10 heteroatoms. The highest BCUT2D eigenvalue weighted by atomic mass is 16.6. The highest BCUT2D eigenvalue weighted by molar-refractivity contribution is 5.92. The first kappa shape index (κ1) is 18.4. The number of methoxy groups -OCH3 is 1. The lowest BCUT2D eigenvalue weighted by atomic mass is 10.3.